The first kappa shape index (κ1) is 11.7. The largest absolute Gasteiger partial charge is 0.375 e. The SMILES string of the molecule is CN(C)N([SiH2]N([SiH3])[SiH3])[SiH](C)C. The molecule has 0 aliphatic heterocycles. The molecule has 0 saturated heterocycles. The van der Waals surface area contributed by atoms with E-state index in [1.165, 1.54) is 20.8 Å². The molecule has 0 spiro atoms. The number of rotatable bonds is 4. The summed E-state index contributed by atoms with van der Waals surface area (Å²) in [4.78, 5) is 0. The average molecular weight is 224 g/mol. The van der Waals surface area contributed by atoms with E-state index in [0.29, 0.717) is 0 Å². The Kier molecular flexibility index (Phi) is 5.77. The van der Waals surface area contributed by atoms with Crippen molar-refractivity contribution in [1.82, 2.24) is 13.2 Å². The molecule has 0 aromatic rings. The molecule has 0 heterocycles. The zero-order chi connectivity index (χ0) is 9.02. The van der Waals surface area contributed by atoms with Crippen molar-refractivity contribution in [1.29, 1.82) is 0 Å². The minimum atomic E-state index is -0.576. The Hall–Kier alpha value is 0.748. The molecule has 0 aliphatic carbocycles. The normalized spacial score (nSPS) is 14.2. The van der Waals surface area contributed by atoms with Crippen molar-refractivity contribution >= 4 is 39.6 Å². The predicted octanol–water partition coefficient (Wildman–Crippen LogP) is -3.39. The average Bonchev–Trinajstić information content (AvgIpc) is 1.81. The summed E-state index contributed by atoms with van der Waals surface area (Å²) in [6.45, 7) is 4.80. The molecular weight excluding hydrogens is 202 g/mol. The lowest BCUT2D eigenvalue weighted by molar-refractivity contribution is 0.218. The first-order chi connectivity index (χ1) is 4.95. The number of hydrogen-bond acceptors (Lipinski definition) is 3. The molecule has 0 aromatic heterocycles. The summed E-state index contributed by atoms with van der Waals surface area (Å²) >= 11 is 0. The van der Waals surface area contributed by atoms with Gasteiger partial charge in [-0.2, -0.15) is 0 Å². The molecule has 7 heteroatoms. The van der Waals surface area contributed by atoms with Crippen LogP contribution in [0.2, 0.25) is 13.1 Å². The Morgan fingerprint density at radius 2 is 1.64 bits per heavy atom. The van der Waals surface area contributed by atoms with Crippen LogP contribution in [0.15, 0.2) is 0 Å². The third-order valence-corrected chi connectivity index (χ3v) is 8.99. The first-order valence-electron chi connectivity index (χ1n) is 4.03. The van der Waals surface area contributed by atoms with Gasteiger partial charge in [-0.15, -0.1) is 0 Å². The minimum Gasteiger partial charge on any atom is -0.375 e. The van der Waals surface area contributed by atoms with Crippen LogP contribution in [0, 0.1) is 0 Å². The summed E-state index contributed by atoms with van der Waals surface area (Å²) in [7, 11) is 6.25. The lowest BCUT2D eigenvalue weighted by Gasteiger charge is -2.34. The fraction of sp³-hybridized carbons (Fsp3) is 1.00. The van der Waals surface area contributed by atoms with E-state index in [9.17, 15) is 0 Å². The monoisotopic (exact) mass is 223 g/mol. The van der Waals surface area contributed by atoms with E-state index in [4.69, 9.17) is 0 Å². The highest BCUT2D eigenvalue weighted by atomic mass is 28.4. The summed E-state index contributed by atoms with van der Waals surface area (Å²) < 4.78 is 5.26. The van der Waals surface area contributed by atoms with Crippen LogP contribution in [0.5, 0.6) is 0 Å². The standard InChI is InChI=1S/C4H21N3Si4/c1-5(2)6(11(3)4)10-7(8)9/h11H,10H2,1-4,8-9H3. The van der Waals surface area contributed by atoms with Crippen molar-refractivity contribution in [3.63, 3.8) is 0 Å². The van der Waals surface area contributed by atoms with Crippen LogP contribution in [0.3, 0.4) is 0 Å². The van der Waals surface area contributed by atoms with E-state index in [1.807, 2.05) is 0 Å². The molecule has 0 rings (SSSR count). The van der Waals surface area contributed by atoms with Crippen LogP contribution >= 0.6 is 0 Å². The lowest BCUT2D eigenvalue weighted by atomic mass is 11.2. The Morgan fingerprint density at radius 1 is 1.18 bits per heavy atom. The van der Waals surface area contributed by atoms with Gasteiger partial charge in [0.05, 0.1) is 20.8 Å². The van der Waals surface area contributed by atoms with E-state index in [2.05, 4.69) is 40.4 Å². The van der Waals surface area contributed by atoms with Crippen LogP contribution < -0.4 is 0 Å². The van der Waals surface area contributed by atoms with Gasteiger partial charge in [0, 0.05) is 14.1 Å². The van der Waals surface area contributed by atoms with E-state index >= 15 is 0 Å². The molecule has 0 amide bonds. The summed E-state index contributed by atoms with van der Waals surface area (Å²) in [6.07, 6.45) is 0. The molecule has 68 valence electrons. The van der Waals surface area contributed by atoms with Gasteiger partial charge in [-0.3, -0.25) is 9.35 Å². The second-order valence-electron chi connectivity index (χ2n) is 3.60. The smallest absolute Gasteiger partial charge is 0.166 e. The molecule has 3 nitrogen and oxygen atoms in total. The molecule has 11 heavy (non-hydrogen) atoms. The minimum absolute atomic E-state index is 0.0571. The molecule has 0 saturated carbocycles. The van der Waals surface area contributed by atoms with Gasteiger partial charge in [0.25, 0.3) is 0 Å². The Bertz CT molecular complexity index is 99.5. The Labute approximate surface area is 80.4 Å². The highest BCUT2D eigenvalue weighted by Crippen LogP contribution is 1.94. The van der Waals surface area contributed by atoms with Gasteiger partial charge < -0.3 is 3.90 Å². The van der Waals surface area contributed by atoms with Crippen LogP contribution in [0.4, 0.5) is 0 Å². The molecule has 0 atom stereocenters. The second-order valence-corrected chi connectivity index (χ2v) is 16.7. The van der Waals surface area contributed by atoms with Crippen LogP contribution in [0.1, 0.15) is 0 Å². The third kappa shape index (κ3) is 5.06. The lowest BCUT2D eigenvalue weighted by Crippen LogP contribution is -2.52. The molecule has 0 N–H and O–H groups in total. The maximum Gasteiger partial charge on any atom is 0.166 e. The van der Waals surface area contributed by atoms with Crippen molar-refractivity contribution in [3.8, 4) is 0 Å². The summed E-state index contributed by atoms with van der Waals surface area (Å²) in [5, 5.41) is 2.30. The Morgan fingerprint density at radius 3 is 1.73 bits per heavy atom. The third-order valence-electron chi connectivity index (χ3n) is 1.54. The van der Waals surface area contributed by atoms with Crippen molar-refractivity contribution in [2.45, 2.75) is 13.1 Å². The molecule has 0 bridgehead atoms. The molecule has 0 aliphatic rings. The summed E-state index contributed by atoms with van der Waals surface area (Å²) in [5.41, 5.74) is 0. The summed E-state index contributed by atoms with van der Waals surface area (Å²) in [6, 6.07) is 0. The maximum atomic E-state index is 2.64. The molecule has 0 fully saturated rings. The van der Waals surface area contributed by atoms with Gasteiger partial charge >= 0.3 is 0 Å². The van der Waals surface area contributed by atoms with Crippen LogP contribution in [-0.2, 0) is 0 Å². The van der Waals surface area contributed by atoms with Gasteiger partial charge in [-0.1, -0.05) is 13.1 Å². The van der Waals surface area contributed by atoms with Gasteiger partial charge in [-0.05, 0) is 0 Å². The number of hydrazine groups is 1. The fourth-order valence-corrected chi connectivity index (χ4v) is 8.78. The molecule has 0 unspecified atom stereocenters. The topological polar surface area (TPSA) is 9.72 Å². The highest BCUT2D eigenvalue weighted by Gasteiger charge is 2.12. The van der Waals surface area contributed by atoms with Crippen LogP contribution in [-0.4, -0.2) is 67.0 Å². The van der Waals surface area contributed by atoms with E-state index in [1.54, 1.807) is 0 Å². The predicted molar refractivity (Wildman–Crippen MR) is 64.7 cm³/mol. The number of nitrogens with zero attached hydrogens (tertiary/aromatic N) is 3. The van der Waals surface area contributed by atoms with E-state index in [0.717, 1.165) is 0 Å². The zero-order valence-corrected chi connectivity index (χ0v) is 15.2. The van der Waals surface area contributed by atoms with Gasteiger partial charge in [0.15, 0.2) is 9.84 Å². The fourth-order valence-electron chi connectivity index (χ4n) is 1.04. The molecule has 0 radical (unpaired) electrons. The van der Waals surface area contributed by atoms with Gasteiger partial charge in [-0.25, -0.2) is 0 Å². The van der Waals surface area contributed by atoms with E-state index < -0.39 is 8.96 Å². The van der Waals surface area contributed by atoms with Crippen molar-refractivity contribution < 1.29 is 0 Å². The van der Waals surface area contributed by atoms with Gasteiger partial charge in [0.1, 0.15) is 8.96 Å². The Balaban J connectivity index is 3.90. The van der Waals surface area contributed by atoms with Crippen molar-refractivity contribution in [2.75, 3.05) is 14.1 Å². The zero-order valence-electron chi connectivity index (χ0n) is 8.63. The number of hydrogen-bond donors (Lipinski definition) is 0. The quantitative estimate of drug-likeness (QED) is 0.364. The molecular formula is C4H21N3Si4. The van der Waals surface area contributed by atoms with Crippen molar-refractivity contribution in [3.05, 3.63) is 0 Å². The van der Waals surface area contributed by atoms with Gasteiger partial charge in [0.2, 0.25) is 0 Å². The van der Waals surface area contributed by atoms with Crippen LogP contribution in [0.25, 0.3) is 0 Å². The molecule has 0 aromatic carbocycles. The highest BCUT2D eigenvalue weighted by molar-refractivity contribution is 6.65. The van der Waals surface area contributed by atoms with E-state index in [-0.39, 0.29) is 9.84 Å². The second kappa shape index (κ2) is 5.40. The summed E-state index contributed by atoms with van der Waals surface area (Å²) in [5.74, 6) is 0. The maximum absolute atomic E-state index is 2.64. The first-order valence-corrected chi connectivity index (χ1v) is 9.91. The van der Waals surface area contributed by atoms with Crippen molar-refractivity contribution in [2.24, 2.45) is 0 Å².